The number of piperidine rings is 1. The van der Waals surface area contributed by atoms with Gasteiger partial charge in [-0.15, -0.1) is 0 Å². The summed E-state index contributed by atoms with van der Waals surface area (Å²) in [4.78, 5) is 13.8. The second kappa shape index (κ2) is 7.82. The summed E-state index contributed by atoms with van der Waals surface area (Å²) in [7, 11) is 1.88. The van der Waals surface area contributed by atoms with Crippen LogP contribution >= 0.6 is 0 Å². The van der Waals surface area contributed by atoms with Crippen molar-refractivity contribution in [1.29, 1.82) is 0 Å². The molecule has 110 valence electrons. The molecule has 2 fully saturated rings. The van der Waals surface area contributed by atoms with Crippen LogP contribution in [0.3, 0.4) is 0 Å². The first-order valence-corrected chi connectivity index (χ1v) is 7.39. The Balaban J connectivity index is 1.63. The van der Waals surface area contributed by atoms with Crippen molar-refractivity contribution in [2.24, 2.45) is 5.92 Å². The van der Waals surface area contributed by atoms with Crippen LogP contribution in [0.15, 0.2) is 0 Å². The SMILES string of the molecule is CN(CC1CCOCC1)C(=O)COC1CCNCC1. The smallest absolute Gasteiger partial charge is 0.248 e. The zero-order valence-electron chi connectivity index (χ0n) is 11.9. The van der Waals surface area contributed by atoms with E-state index in [0.29, 0.717) is 5.92 Å². The quantitative estimate of drug-likeness (QED) is 0.796. The van der Waals surface area contributed by atoms with E-state index in [1.165, 1.54) is 0 Å². The number of amides is 1. The van der Waals surface area contributed by atoms with Crippen molar-refractivity contribution < 1.29 is 14.3 Å². The fraction of sp³-hybridized carbons (Fsp3) is 0.929. The highest BCUT2D eigenvalue weighted by Crippen LogP contribution is 2.15. The Morgan fingerprint density at radius 2 is 1.95 bits per heavy atom. The Hall–Kier alpha value is -0.650. The summed E-state index contributed by atoms with van der Waals surface area (Å²) in [5.41, 5.74) is 0. The molecule has 2 aliphatic heterocycles. The van der Waals surface area contributed by atoms with Crippen LogP contribution in [0.4, 0.5) is 0 Å². The van der Waals surface area contributed by atoms with Gasteiger partial charge in [-0.1, -0.05) is 0 Å². The topological polar surface area (TPSA) is 50.8 Å². The van der Waals surface area contributed by atoms with E-state index in [0.717, 1.165) is 58.5 Å². The lowest BCUT2D eigenvalue weighted by Crippen LogP contribution is -2.38. The normalized spacial score (nSPS) is 22.4. The summed E-state index contributed by atoms with van der Waals surface area (Å²) >= 11 is 0. The largest absolute Gasteiger partial charge is 0.381 e. The molecule has 0 atom stereocenters. The highest BCUT2D eigenvalue weighted by atomic mass is 16.5. The van der Waals surface area contributed by atoms with Gasteiger partial charge in [0.05, 0.1) is 6.10 Å². The predicted molar refractivity (Wildman–Crippen MR) is 73.0 cm³/mol. The van der Waals surface area contributed by atoms with Gasteiger partial charge >= 0.3 is 0 Å². The molecule has 19 heavy (non-hydrogen) atoms. The van der Waals surface area contributed by atoms with Gasteiger partial charge in [-0.3, -0.25) is 4.79 Å². The minimum Gasteiger partial charge on any atom is -0.381 e. The molecule has 0 aromatic rings. The molecule has 2 aliphatic rings. The van der Waals surface area contributed by atoms with Crippen LogP contribution in [0.2, 0.25) is 0 Å². The van der Waals surface area contributed by atoms with Crippen molar-refractivity contribution >= 4 is 5.91 Å². The van der Waals surface area contributed by atoms with E-state index in [9.17, 15) is 4.79 Å². The number of nitrogens with zero attached hydrogens (tertiary/aromatic N) is 1. The molecule has 0 spiro atoms. The molecule has 2 heterocycles. The zero-order chi connectivity index (χ0) is 13.5. The minimum absolute atomic E-state index is 0.102. The van der Waals surface area contributed by atoms with Gasteiger partial charge in [0.2, 0.25) is 5.91 Å². The van der Waals surface area contributed by atoms with Gasteiger partial charge in [0.1, 0.15) is 6.61 Å². The van der Waals surface area contributed by atoms with Crippen molar-refractivity contribution in [2.45, 2.75) is 31.8 Å². The van der Waals surface area contributed by atoms with Crippen molar-refractivity contribution in [2.75, 3.05) is 46.5 Å². The molecule has 0 bridgehead atoms. The lowest BCUT2D eigenvalue weighted by atomic mass is 10.00. The van der Waals surface area contributed by atoms with E-state index in [1.807, 2.05) is 11.9 Å². The highest BCUT2D eigenvalue weighted by molar-refractivity contribution is 5.77. The standard InChI is InChI=1S/C14H26N2O3/c1-16(10-12-4-8-18-9-5-12)14(17)11-19-13-2-6-15-7-3-13/h12-13,15H,2-11H2,1H3. The molecule has 2 rings (SSSR count). The Morgan fingerprint density at radius 3 is 2.63 bits per heavy atom. The maximum atomic E-state index is 12.0. The number of carbonyl (C=O) groups is 1. The molecular formula is C14H26N2O3. The number of rotatable bonds is 5. The first kappa shape index (κ1) is 14.8. The maximum absolute atomic E-state index is 12.0. The Morgan fingerprint density at radius 1 is 1.26 bits per heavy atom. The fourth-order valence-electron chi connectivity index (χ4n) is 2.68. The second-order valence-electron chi connectivity index (χ2n) is 5.59. The molecule has 5 nitrogen and oxygen atoms in total. The molecule has 5 heteroatoms. The third kappa shape index (κ3) is 5.09. The molecule has 2 saturated heterocycles. The molecule has 0 aliphatic carbocycles. The number of nitrogens with one attached hydrogen (secondary N) is 1. The first-order valence-electron chi connectivity index (χ1n) is 7.39. The van der Waals surface area contributed by atoms with E-state index < -0.39 is 0 Å². The summed E-state index contributed by atoms with van der Waals surface area (Å²) in [6, 6.07) is 0. The summed E-state index contributed by atoms with van der Waals surface area (Å²) in [5, 5.41) is 3.29. The third-order valence-corrected chi connectivity index (χ3v) is 4.03. The maximum Gasteiger partial charge on any atom is 0.248 e. The number of carbonyl (C=O) groups excluding carboxylic acids is 1. The summed E-state index contributed by atoms with van der Waals surface area (Å²) in [6.07, 6.45) is 4.40. The highest BCUT2D eigenvalue weighted by Gasteiger charge is 2.20. The van der Waals surface area contributed by atoms with Gasteiger partial charge in [0.15, 0.2) is 0 Å². The Bertz CT molecular complexity index is 274. The predicted octanol–water partition coefficient (Wildman–Crippen LogP) is 0.640. The minimum atomic E-state index is 0.102. The van der Waals surface area contributed by atoms with Gasteiger partial charge < -0.3 is 19.7 Å². The van der Waals surface area contributed by atoms with Gasteiger partial charge in [0, 0.05) is 26.8 Å². The van der Waals surface area contributed by atoms with Gasteiger partial charge in [0.25, 0.3) is 0 Å². The van der Waals surface area contributed by atoms with Crippen LogP contribution in [-0.4, -0.2) is 63.4 Å². The third-order valence-electron chi connectivity index (χ3n) is 4.03. The van der Waals surface area contributed by atoms with Crippen LogP contribution in [0.1, 0.15) is 25.7 Å². The average molecular weight is 270 g/mol. The van der Waals surface area contributed by atoms with Crippen LogP contribution in [0.25, 0.3) is 0 Å². The molecule has 0 aromatic carbocycles. The van der Waals surface area contributed by atoms with Crippen LogP contribution in [-0.2, 0) is 14.3 Å². The number of likely N-dealkylation sites (N-methyl/N-ethyl adjacent to an activating group) is 1. The van der Waals surface area contributed by atoms with Gasteiger partial charge in [-0.2, -0.15) is 0 Å². The average Bonchev–Trinajstić information content (AvgIpc) is 2.47. The summed E-state index contributed by atoms with van der Waals surface area (Å²) in [6.45, 7) is 4.71. The van der Waals surface area contributed by atoms with Crippen molar-refractivity contribution in [3.05, 3.63) is 0 Å². The lowest BCUT2D eigenvalue weighted by molar-refractivity contribution is -0.138. The number of hydrogen-bond donors (Lipinski definition) is 1. The molecule has 1 amide bonds. The monoisotopic (exact) mass is 270 g/mol. The van der Waals surface area contributed by atoms with Crippen molar-refractivity contribution in [1.82, 2.24) is 10.2 Å². The van der Waals surface area contributed by atoms with Crippen molar-refractivity contribution in [3.8, 4) is 0 Å². The fourth-order valence-corrected chi connectivity index (χ4v) is 2.68. The van der Waals surface area contributed by atoms with Gasteiger partial charge in [-0.05, 0) is 44.7 Å². The van der Waals surface area contributed by atoms with E-state index in [1.54, 1.807) is 0 Å². The summed E-state index contributed by atoms with van der Waals surface area (Å²) in [5.74, 6) is 0.687. The molecule has 0 saturated carbocycles. The van der Waals surface area contributed by atoms with Crippen LogP contribution in [0.5, 0.6) is 0 Å². The molecular weight excluding hydrogens is 244 g/mol. The lowest BCUT2D eigenvalue weighted by Gasteiger charge is -2.28. The van der Waals surface area contributed by atoms with E-state index >= 15 is 0 Å². The second-order valence-corrected chi connectivity index (χ2v) is 5.59. The molecule has 0 radical (unpaired) electrons. The zero-order valence-corrected chi connectivity index (χ0v) is 11.9. The Labute approximate surface area is 115 Å². The van der Waals surface area contributed by atoms with Crippen molar-refractivity contribution in [3.63, 3.8) is 0 Å². The van der Waals surface area contributed by atoms with Gasteiger partial charge in [-0.25, -0.2) is 0 Å². The molecule has 1 N–H and O–H groups in total. The number of ether oxygens (including phenoxy) is 2. The van der Waals surface area contributed by atoms with E-state index in [4.69, 9.17) is 9.47 Å². The summed E-state index contributed by atoms with van der Waals surface area (Å²) < 4.78 is 11.0. The Kier molecular flexibility index (Phi) is 6.07. The molecule has 0 aromatic heterocycles. The number of hydrogen-bond acceptors (Lipinski definition) is 4. The van der Waals surface area contributed by atoms with Crippen LogP contribution in [0, 0.1) is 5.92 Å². The van der Waals surface area contributed by atoms with Crippen LogP contribution < -0.4 is 5.32 Å². The molecule has 0 unspecified atom stereocenters. The van der Waals surface area contributed by atoms with E-state index in [-0.39, 0.29) is 18.6 Å². The van der Waals surface area contributed by atoms with E-state index in [2.05, 4.69) is 5.32 Å². The first-order chi connectivity index (χ1) is 9.25.